The Morgan fingerprint density at radius 2 is 1.39 bits per heavy atom. The number of nitrogens with zero attached hydrogens (tertiary/aromatic N) is 2. The van der Waals surface area contributed by atoms with Gasteiger partial charge in [0.2, 0.25) is 11.8 Å². The van der Waals surface area contributed by atoms with Gasteiger partial charge in [-0.25, -0.2) is 9.80 Å². The van der Waals surface area contributed by atoms with Gasteiger partial charge in [0.25, 0.3) is 0 Å². The van der Waals surface area contributed by atoms with Gasteiger partial charge in [-0.15, -0.1) is 0 Å². The molecule has 1 atom stereocenters. The topological polar surface area (TPSA) is 121 Å². The lowest BCUT2D eigenvalue weighted by molar-refractivity contribution is -0.161. The lowest BCUT2D eigenvalue weighted by Gasteiger charge is -2.36. The first-order valence-corrected chi connectivity index (χ1v) is 18.6. The Balaban J connectivity index is 1.63. The zero-order valence-corrected chi connectivity index (χ0v) is 33.0. The SMILES string of the molecule is CCOC(CN(Cc1cccc2ccccc12)C(=O)C(Cc1ccc(OC(C)(C)C)cc1)NC(=O)C(C)(C)N(C)NC(=O)NCc1ccccc1)OCC. The Morgan fingerprint density at radius 1 is 0.759 bits per heavy atom. The van der Waals surface area contributed by atoms with Gasteiger partial charge < -0.3 is 29.7 Å². The van der Waals surface area contributed by atoms with Crippen LogP contribution in [0, 0.1) is 0 Å². The summed E-state index contributed by atoms with van der Waals surface area (Å²) in [6.07, 6.45) is -0.476. The van der Waals surface area contributed by atoms with Crippen molar-refractivity contribution in [2.45, 2.75) is 91.4 Å². The number of amides is 4. The average Bonchev–Trinajstić information content (AvgIpc) is 3.14. The Morgan fingerprint density at radius 3 is 2.04 bits per heavy atom. The molecule has 4 aromatic carbocycles. The molecule has 290 valence electrons. The maximum absolute atomic E-state index is 14.9. The summed E-state index contributed by atoms with van der Waals surface area (Å²) in [5.74, 6) is -0.0511. The summed E-state index contributed by atoms with van der Waals surface area (Å²) in [6.45, 7) is 14.6. The molecule has 0 aliphatic carbocycles. The van der Waals surface area contributed by atoms with E-state index >= 15 is 0 Å². The van der Waals surface area contributed by atoms with E-state index in [1.807, 2.05) is 132 Å². The lowest BCUT2D eigenvalue weighted by Crippen LogP contribution is -2.63. The van der Waals surface area contributed by atoms with Crippen molar-refractivity contribution >= 4 is 28.6 Å². The van der Waals surface area contributed by atoms with Gasteiger partial charge in [0.15, 0.2) is 6.29 Å². The van der Waals surface area contributed by atoms with E-state index in [4.69, 9.17) is 14.2 Å². The van der Waals surface area contributed by atoms with Gasteiger partial charge in [0.1, 0.15) is 22.9 Å². The summed E-state index contributed by atoms with van der Waals surface area (Å²) in [7, 11) is 1.62. The van der Waals surface area contributed by atoms with Crippen LogP contribution in [0.1, 0.15) is 65.2 Å². The third-order valence-corrected chi connectivity index (χ3v) is 8.98. The van der Waals surface area contributed by atoms with E-state index in [0.29, 0.717) is 25.5 Å². The van der Waals surface area contributed by atoms with Crippen molar-refractivity contribution in [3.8, 4) is 5.75 Å². The number of likely N-dealkylation sites (N-methyl/N-ethyl adjacent to an activating group) is 1. The van der Waals surface area contributed by atoms with E-state index in [1.165, 1.54) is 5.01 Å². The predicted molar refractivity (Wildman–Crippen MR) is 213 cm³/mol. The van der Waals surface area contributed by atoms with E-state index in [1.54, 1.807) is 25.8 Å². The second-order valence-electron chi connectivity index (χ2n) is 14.7. The van der Waals surface area contributed by atoms with E-state index in [2.05, 4.69) is 16.1 Å². The minimum absolute atomic E-state index is 0.140. The molecule has 4 rings (SSSR count). The molecule has 4 aromatic rings. The number of rotatable bonds is 18. The standard InChI is InChI=1S/C43H57N5O6/c1-9-52-38(53-10-2)30-48(29-34-21-16-20-33-19-14-15-22-36(33)34)39(49)37(27-31-23-25-35(26-24-31)54-42(3,4)5)45-40(50)43(6,7)47(8)46-41(51)44-28-32-17-12-11-13-18-32/h11-26,37-38H,9-10,27-30H2,1-8H3,(H,45,50)(H2,44,46,51). The highest BCUT2D eigenvalue weighted by atomic mass is 16.7. The fraction of sp³-hybridized carbons (Fsp3) is 0.419. The largest absolute Gasteiger partial charge is 0.488 e. The minimum Gasteiger partial charge on any atom is -0.488 e. The summed E-state index contributed by atoms with van der Waals surface area (Å²) in [4.78, 5) is 43.7. The van der Waals surface area contributed by atoms with Crippen LogP contribution in [0.5, 0.6) is 5.75 Å². The van der Waals surface area contributed by atoms with E-state index in [-0.39, 0.29) is 31.0 Å². The van der Waals surface area contributed by atoms with Gasteiger partial charge in [-0.3, -0.25) is 15.0 Å². The Labute approximate surface area is 320 Å². The zero-order chi connectivity index (χ0) is 39.3. The van der Waals surface area contributed by atoms with Crippen LogP contribution in [0.25, 0.3) is 10.8 Å². The smallest absolute Gasteiger partial charge is 0.329 e. The molecule has 11 nitrogen and oxygen atoms in total. The van der Waals surface area contributed by atoms with Gasteiger partial charge in [0.05, 0.1) is 6.54 Å². The van der Waals surface area contributed by atoms with Crippen molar-refractivity contribution < 1.29 is 28.6 Å². The van der Waals surface area contributed by atoms with Crippen LogP contribution in [0.4, 0.5) is 4.79 Å². The molecular weight excluding hydrogens is 683 g/mol. The van der Waals surface area contributed by atoms with Gasteiger partial charge in [-0.1, -0.05) is 84.9 Å². The Hall–Kier alpha value is -4.97. The molecule has 0 saturated carbocycles. The van der Waals surface area contributed by atoms with Crippen LogP contribution < -0.4 is 20.8 Å². The first-order valence-electron chi connectivity index (χ1n) is 18.6. The fourth-order valence-electron chi connectivity index (χ4n) is 5.87. The molecule has 11 heteroatoms. The number of carbonyl (C=O) groups is 3. The summed E-state index contributed by atoms with van der Waals surface area (Å²) >= 11 is 0. The number of benzene rings is 4. The van der Waals surface area contributed by atoms with E-state index < -0.39 is 29.8 Å². The third-order valence-electron chi connectivity index (χ3n) is 8.98. The first kappa shape index (κ1) is 41.8. The van der Waals surface area contributed by atoms with Crippen molar-refractivity contribution in [2.75, 3.05) is 26.8 Å². The van der Waals surface area contributed by atoms with Gasteiger partial charge >= 0.3 is 6.03 Å². The molecule has 0 saturated heterocycles. The van der Waals surface area contributed by atoms with E-state index in [0.717, 1.165) is 27.5 Å². The first-order chi connectivity index (χ1) is 25.7. The molecule has 0 radical (unpaired) electrons. The number of hydrogen-bond acceptors (Lipinski definition) is 7. The van der Waals surface area contributed by atoms with Gasteiger partial charge in [0, 0.05) is 39.8 Å². The number of hydrazine groups is 1. The molecule has 0 aliphatic rings. The summed E-state index contributed by atoms with van der Waals surface area (Å²) in [5, 5.41) is 9.40. The average molecular weight is 740 g/mol. The molecule has 0 bridgehead atoms. The number of ether oxygens (including phenoxy) is 3. The van der Waals surface area contributed by atoms with Gasteiger partial charge in [-0.05, 0) is 88.1 Å². The summed E-state index contributed by atoms with van der Waals surface area (Å²) in [5.41, 5.74) is 3.84. The van der Waals surface area contributed by atoms with Crippen LogP contribution in [0.3, 0.4) is 0 Å². The molecule has 3 N–H and O–H groups in total. The van der Waals surface area contributed by atoms with Crippen LogP contribution in [0.2, 0.25) is 0 Å². The van der Waals surface area contributed by atoms with Crippen LogP contribution in [0.15, 0.2) is 97.1 Å². The second-order valence-corrected chi connectivity index (χ2v) is 14.7. The predicted octanol–water partition coefficient (Wildman–Crippen LogP) is 6.60. The number of urea groups is 1. The van der Waals surface area contributed by atoms with Crippen LogP contribution in [-0.2, 0) is 38.6 Å². The highest BCUT2D eigenvalue weighted by Gasteiger charge is 2.37. The molecule has 0 aromatic heterocycles. The number of fused-ring (bicyclic) bond motifs is 1. The van der Waals surface area contributed by atoms with Crippen molar-refractivity contribution in [1.29, 1.82) is 0 Å². The number of carbonyl (C=O) groups excluding carboxylic acids is 3. The lowest BCUT2D eigenvalue weighted by atomic mass is 9.99. The van der Waals surface area contributed by atoms with Crippen LogP contribution >= 0.6 is 0 Å². The molecule has 0 spiro atoms. The molecular formula is C43H57N5O6. The third kappa shape index (κ3) is 12.3. The van der Waals surface area contributed by atoms with Crippen LogP contribution in [-0.4, -0.2) is 78.0 Å². The molecule has 0 aliphatic heterocycles. The summed E-state index contributed by atoms with van der Waals surface area (Å²) < 4.78 is 17.9. The Bertz CT molecular complexity index is 1800. The van der Waals surface area contributed by atoms with Crippen molar-refractivity contribution in [2.24, 2.45) is 0 Å². The number of nitrogens with one attached hydrogen (secondary N) is 3. The molecule has 0 heterocycles. The maximum Gasteiger partial charge on any atom is 0.329 e. The highest BCUT2D eigenvalue weighted by molar-refractivity contribution is 5.92. The highest BCUT2D eigenvalue weighted by Crippen LogP contribution is 2.23. The number of hydrogen-bond donors (Lipinski definition) is 3. The maximum atomic E-state index is 14.9. The van der Waals surface area contributed by atoms with Crippen molar-refractivity contribution in [3.05, 3.63) is 114 Å². The molecule has 54 heavy (non-hydrogen) atoms. The quantitative estimate of drug-likeness (QED) is 0.0778. The molecule has 1 unspecified atom stereocenters. The van der Waals surface area contributed by atoms with E-state index in [9.17, 15) is 14.4 Å². The van der Waals surface area contributed by atoms with Gasteiger partial charge in [-0.2, -0.15) is 0 Å². The normalized spacial score (nSPS) is 12.4. The van der Waals surface area contributed by atoms with Crippen molar-refractivity contribution in [3.63, 3.8) is 0 Å². The Kier molecular flexibility index (Phi) is 15.0. The molecule has 0 fully saturated rings. The monoisotopic (exact) mass is 739 g/mol. The summed E-state index contributed by atoms with van der Waals surface area (Å²) in [6, 6.07) is 29.7. The molecule has 4 amide bonds. The fourth-order valence-corrected chi connectivity index (χ4v) is 5.87. The zero-order valence-electron chi connectivity index (χ0n) is 33.0. The van der Waals surface area contributed by atoms with Crippen molar-refractivity contribution in [1.82, 2.24) is 26.0 Å². The minimum atomic E-state index is -1.26. The second kappa shape index (κ2) is 19.4.